The van der Waals surface area contributed by atoms with Crippen molar-refractivity contribution in [3.63, 3.8) is 0 Å². The summed E-state index contributed by atoms with van der Waals surface area (Å²) in [4.78, 5) is 26.4. The zero-order valence-corrected chi connectivity index (χ0v) is 23.1. The van der Waals surface area contributed by atoms with Crippen molar-refractivity contribution in [2.75, 3.05) is 21.3 Å². The lowest BCUT2D eigenvalue weighted by Gasteiger charge is -2.15. The van der Waals surface area contributed by atoms with Gasteiger partial charge >= 0.3 is 0 Å². The molecule has 10 heteroatoms. The van der Waals surface area contributed by atoms with Crippen LogP contribution in [0.1, 0.15) is 0 Å². The number of benzene rings is 4. The van der Waals surface area contributed by atoms with Crippen molar-refractivity contribution in [2.24, 2.45) is 0 Å². The molecule has 0 spiro atoms. The van der Waals surface area contributed by atoms with Crippen molar-refractivity contribution in [1.82, 2.24) is 0 Å². The van der Waals surface area contributed by atoms with Crippen molar-refractivity contribution in [3.8, 4) is 68.3 Å². The lowest BCUT2D eigenvalue weighted by atomic mass is 9.96. The van der Waals surface area contributed by atoms with Crippen LogP contribution in [0.15, 0.2) is 91.2 Å². The van der Waals surface area contributed by atoms with Crippen LogP contribution in [-0.2, 0) is 0 Å². The molecule has 0 radical (unpaired) electrons. The lowest BCUT2D eigenvalue weighted by Crippen LogP contribution is -2.04. The first-order chi connectivity index (χ1) is 20.7. The van der Waals surface area contributed by atoms with Gasteiger partial charge in [0, 0.05) is 47.0 Å². The van der Waals surface area contributed by atoms with Gasteiger partial charge in [-0.15, -0.1) is 0 Å². The molecule has 0 aliphatic rings. The second-order valence-electron chi connectivity index (χ2n) is 9.61. The Morgan fingerprint density at radius 2 is 1.21 bits per heavy atom. The molecule has 2 heterocycles. The molecule has 0 fully saturated rings. The number of ether oxygens (including phenoxy) is 3. The van der Waals surface area contributed by atoms with Crippen LogP contribution in [0.3, 0.4) is 0 Å². The van der Waals surface area contributed by atoms with E-state index in [1.165, 1.54) is 63.8 Å². The standard InChI is InChI=1S/C33H24O10/c1-39-19-11-26(40-2)31-22(36)13-25(43-28(31)12-19)17-6-9-21(35)20(10-17)30-27(41-3)15-29-32(33(30)38)23(37)14-24(42-29)16-4-7-18(34)8-5-16/h4-15,34-35,38H,1-3H3. The van der Waals surface area contributed by atoms with Gasteiger partial charge in [0.25, 0.3) is 0 Å². The van der Waals surface area contributed by atoms with Crippen LogP contribution in [0.2, 0.25) is 0 Å². The van der Waals surface area contributed by atoms with E-state index in [-0.39, 0.29) is 67.3 Å². The second-order valence-corrected chi connectivity index (χ2v) is 9.61. The Morgan fingerprint density at radius 1 is 0.605 bits per heavy atom. The molecule has 0 aliphatic heterocycles. The highest BCUT2D eigenvalue weighted by Crippen LogP contribution is 2.47. The Bertz CT molecular complexity index is 2160. The maximum absolute atomic E-state index is 13.2. The Kier molecular flexibility index (Phi) is 6.66. The first-order valence-corrected chi connectivity index (χ1v) is 12.9. The third-order valence-corrected chi connectivity index (χ3v) is 7.10. The molecule has 10 nitrogen and oxygen atoms in total. The highest BCUT2D eigenvalue weighted by molar-refractivity contribution is 5.97. The number of methoxy groups -OCH3 is 3. The summed E-state index contributed by atoms with van der Waals surface area (Å²) in [5, 5.41) is 32.0. The van der Waals surface area contributed by atoms with E-state index in [1.54, 1.807) is 30.3 Å². The van der Waals surface area contributed by atoms with Gasteiger partial charge in [0.2, 0.25) is 0 Å². The van der Waals surface area contributed by atoms with E-state index in [0.29, 0.717) is 22.6 Å². The Labute approximate surface area is 243 Å². The molecule has 0 unspecified atom stereocenters. The summed E-state index contributed by atoms with van der Waals surface area (Å²) in [7, 11) is 4.29. The van der Waals surface area contributed by atoms with E-state index in [1.807, 2.05) is 0 Å². The summed E-state index contributed by atoms with van der Waals surface area (Å²) in [6.45, 7) is 0. The minimum Gasteiger partial charge on any atom is -0.508 e. The van der Waals surface area contributed by atoms with Crippen molar-refractivity contribution < 1.29 is 38.4 Å². The Hall–Kier alpha value is -5.90. The summed E-state index contributed by atoms with van der Waals surface area (Å²) in [6.07, 6.45) is 0. The van der Waals surface area contributed by atoms with Crippen LogP contribution in [0.5, 0.6) is 34.5 Å². The van der Waals surface area contributed by atoms with Crippen LogP contribution in [0, 0.1) is 0 Å². The molecular formula is C33H24O10. The molecular weight excluding hydrogens is 556 g/mol. The van der Waals surface area contributed by atoms with Gasteiger partial charge in [0.15, 0.2) is 10.9 Å². The van der Waals surface area contributed by atoms with Gasteiger partial charge in [-0.3, -0.25) is 9.59 Å². The molecule has 0 bridgehead atoms. The summed E-state index contributed by atoms with van der Waals surface area (Å²) in [5.41, 5.74) is 0.450. The minimum absolute atomic E-state index is 0.0329. The van der Waals surface area contributed by atoms with E-state index in [4.69, 9.17) is 23.0 Å². The van der Waals surface area contributed by atoms with E-state index >= 15 is 0 Å². The Balaban J connectivity index is 1.54. The second kappa shape index (κ2) is 10.5. The lowest BCUT2D eigenvalue weighted by molar-refractivity contribution is 0.396. The highest BCUT2D eigenvalue weighted by Gasteiger charge is 2.23. The number of hydrogen-bond donors (Lipinski definition) is 3. The molecule has 6 aromatic rings. The Morgan fingerprint density at radius 3 is 1.86 bits per heavy atom. The molecule has 4 aromatic carbocycles. The van der Waals surface area contributed by atoms with Gasteiger partial charge in [-0.05, 0) is 42.5 Å². The number of phenols is 3. The maximum Gasteiger partial charge on any atom is 0.197 e. The summed E-state index contributed by atoms with van der Waals surface area (Å²) < 4.78 is 28.2. The van der Waals surface area contributed by atoms with Crippen molar-refractivity contribution in [3.05, 3.63) is 93.2 Å². The zero-order chi connectivity index (χ0) is 30.4. The number of fused-ring (bicyclic) bond motifs is 2. The average Bonchev–Trinajstić information content (AvgIpc) is 3.00. The molecule has 6 rings (SSSR count). The van der Waals surface area contributed by atoms with Gasteiger partial charge in [-0.1, -0.05) is 0 Å². The summed E-state index contributed by atoms with van der Waals surface area (Å²) in [5.74, 6) is 0.574. The summed E-state index contributed by atoms with van der Waals surface area (Å²) >= 11 is 0. The van der Waals surface area contributed by atoms with Gasteiger partial charge in [0.1, 0.15) is 68.0 Å². The van der Waals surface area contributed by atoms with Crippen LogP contribution >= 0.6 is 0 Å². The van der Waals surface area contributed by atoms with Crippen molar-refractivity contribution in [2.45, 2.75) is 0 Å². The highest BCUT2D eigenvalue weighted by atomic mass is 16.5. The molecule has 0 saturated carbocycles. The predicted octanol–water partition coefficient (Wildman–Crippen LogP) is 6.04. The van der Waals surface area contributed by atoms with E-state index in [0.717, 1.165) is 0 Å². The number of hydrogen-bond acceptors (Lipinski definition) is 10. The SMILES string of the molecule is COc1cc(OC)c2c(=O)cc(-c3ccc(O)c(-c4c(OC)cc5oc(-c6ccc(O)cc6)cc(=O)c5c4O)c3)oc2c1. The monoisotopic (exact) mass is 580 g/mol. The molecule has 0 amide bonds. The summed E-state index contributed by atoms with van der Waals surface area (Å²) in [6, 6.07) is 17.6. The number of phenolic OH excluding ortho intramolecular Hbond substituents is 3. The molecule has 216 valence electrons. The molecule has 3 N–H and O–H groups in total. The van der Waals surface area contributed by atoms with Crippen LogP contribution < -0.4 is 25.1 Å². The fourth-order valence-electron chi connectivity index (χ4n) is 5.01. The third-order valence-electron chi connectivity index (χ3n) is 7.10. The smallest absolute Gasteiger partial charge is 0.197 e. The fraction of sp³-hybridized carbons (Fsp3) is 0.0909. The average molecular weight is 581 g/mol. The van der Waals surface area contributed by atoms with Gasteiger partial charge < -0.3 is 38.4 Å². The first kappa shape index (κ1) is 27.3. The predicted molar refractivity (Wildman–Crippen MR) is 159 cm³/mol. The quantitative estimate of drug-likeness (QED) is 0.213. The zero-order valence-electron chi connectivity index (χ0n) is 23.1. The topological polar surface area (TPSA) is 149 Å². The number of aromatic hydroxyl groups is 3. The molecule has 2 aromatic heterocycles. The van der Waals surface area contributed by atoms with Crippen LogP contribution in [-0.4, -0.2) is 36.6 Å². The fourth-order valence-corrected chi connectivity index (χ4v) is 5.01. The van der Waals surface area contributed by atoms with Crippen LogP contribution in [0.25, 0.3) is 55.7 Å². The van der Waals surface area contributed by atoms with E-state index in [9.17, 15) is 24.9 Å². The van der Waals surface area contributed by atoms with Gasteiger partial charge in [-0.2, -0.15) is 0 Å². The van der Waals surface area contributed by atoms with Crippen molar-refractivity contribution in [1.29, 1.82) is 0 Å². The maximum atomic E-state index is 13.2. The van der Waals surface area contributed by atoms with E-state index in [2.05, 4.69) is 0 Å². The van der Waals surface area contributed by atoms with Crippen molar-refractivity contribution >= 4 is 21.9 Å². The van der Waals surface area contributed by atoms with Crippen LogP contribution in [0.4, 0.5) is 0 Å². The number of rotatable bonds is 6. The minimum atomic E-state index is -0.537. The molecule has 0 saturated heterocycles. The van der Waals surface area contributed by atoms with E-state index < -0.39 is 11.2 Å². The third kappa shape index (κ3) is 4.64. The normalized spacial score (nSPS) is 11.1. The molecule has 0 aliphatic carbocycles. The first-order valence-electron chi connectivity index (χ1n) is 12.9. The van der Waals surface area contributed by atoms with Gasteiger partial charge in [-0.25, -0.2) is 0 Å². The molecule has 43 heavy (non-hydrogen) atoms. The largest absolute Gasteiger partial charge is 0.508 e. The molecule has 0 atom stereocenters. The van der Waals surface area contributed by atoms with Gasteiger partial charge in [0.05, 0.1) is 26.9 Å².